The van der Waals surface area contributed by atoms with Crippen molar-refractivity contribution in [2.75, 3.05) is 6.73 Å². The minimum Gasteiger partial charge on any atom is -0.313 e. The van der Waals surface area contributed by atoms with E-state index in [0.29, 0.717) is 28.8 Å². The van der Waals surface area contributed by atoms with Crippen molar-refractivity contribution in [1.29, 1.82) is 0 Å². The van der Waals surface area contributed by atoms with Gasteiger partial charge in [0.05, 0.1) is 16.2 Å². The quantitative estimate of drug-likeness (QED) is 0.128. The summed E-state index contributed by atoms with van der Waals surface area (Å²) < 4.78 is 125. The normalized spacial score (nSPS) is 19.6. The van der Waals surface area contributed by atoms with Crippen molar-refractivity contribution in [2.45, 2.75) is 54.5 Å². The maximum Gasteiger partial charge on any atom is 0.471 e. The van der Waals surface area contributed by atoms with Gasteiger partial charge in [-0.25, -0.2) is 23.0 Å². The molecule has 1 saturated heterocycles. The molecule has 1 aliphatic rings. The fourth-order valence-corrected chi connectivity index (χ4v) is 7.47. The topological polar surface area (TPSA) is 163 Å². The van der Waals surface area contributed by atoms with E-state index in [1.54, 1.807) is 0 Å². The first kappa shape index (κ1) is 37.1. The highest BCUT2D eigenvalue weighted by Crippen LogP contribution is 2.39. The van der Waals surface area contributed by atoms with E-state index in [1.165, 1.54) is 31.2 Å². The van der Waals surface area contributed by atoms with Gasteiger partial charge in [0.2, 0.25) is 21.8 Å². The number of pyridine rings is 1. The number of hydrogen-bond acceptors (Lipinski definition) is 9. The average molecular weight is 748 g/mol. The second-order valence-corrected chi connectivity index (χ2v) is 14.7. The Kier molecular flexibility index (Phi) is 10.8. The lowest BCUT2D eigenvalue weighted by Gasteiger charge is -2.32. The van der Waals surface area contributed by atoms with Gasteiger partial charge in [-0.3, -0.25) is 14.3 Å². The molecule has 12 nitrogen and oxygen atoms in total. The van der Waals surface area contributed by atoms with Crippen molar-refractivity contribution in [2.24, 2.45) is 0 Å². The minimum absolute atomic E-state index is 0.203. The number of sulfonamides is 1. The Morgan fingerprint density at radius 2 is 1.68 bits per heavy atom. The lowest BCUT2D eigenvalue weighted by atomic mass is 10.1. The second kappa shape index (κ2) is 13.7. The Morgan fingerprint density at radius 1 is 1.09 bits per heavy atom. The molecule has 22 heteroatoms. The number of thiol groups is 1. The van der Waals surface area contributed by atoms with Gasteiger partial charge in [0.25, 0.3) is 0 Å². The van der Waals surface area contributed by atoms with Gasteiger partial charge in [0.1, 0.15) is 12.8 Å². The number of benzene rings is 1. The number of alkyl halides is 6. The van der Waals surface area contributed by atoms with Crippen molar-refractivity contribution in [3.05, 3.63) is 65.9 Å². The highest BCUT2D eigenvalue weighted by atomic mass is 32.2. The molecule has 2 aromatic heterocycles. The molecule has 0 spiro atoms. The van der Waals surface area contributed by atoms with Crippen molar-refractivity contribution < 1.29 is 58.4 Å². The van der Waals surface area contributed by atoms with Gasteiger partial charge < -0.3 is 14.7 Å². The van der Waals surface area contributed by atoms with Crippen LogP contribution in [0.1, 0.15) is 30.3 Å². The first-order valence-electron chi connectivity index (χ1n) is 13.1. The van der Waals surface area contributed by atoms with Gasteiger partial charge in [-0.15, -0.1) is 9.24 Å². The number of phosphoric ester groups is 1. The first-order chi connectivity index (χ1) is 21.6. The number of aromatic nitrogens is 3. The third-order valence-electron chi connectivity index (χ3n) is 7.02. The molecule has 4 atom stereocenters. The molecule has 1 fully saturated rings. The van der Waals surface area contributed by atoms with Crippen molar-refractivity contribution in [1.82, 2.24) is 24.2 Å². The van der Waals surface area contributed by atoms with Crippen LogP contribution in [-0.2, 0) is 42.8 Å². The summed E-state index contributed by atoms with van der Waals surface area (Å²) in [5.41, 5.74) is -2.69. The van der Waals surface area contributed by atoms with E-state index in [9.17, 15) is 53.9 Å². The van der Waals surface area contributed by atoms with Crippen LogP contribution in [0.3, 0.4) is 0 Å². The van der Waals surface area contributed by atoms with Gasteiger partial charge >= 0.3 is 20.2 Å². The average Bonchev–Trinajstić information content (AvgIpc) is 3.28. The largest absolute Gasteiger partial charge is 0.471 e. The molecule has 0 radical (unpaired) electrons. The maximum atomic E-state index is 14.1. The maximum absolute atomic E-state index is 14.1. The Hall–Kier alpha value is -2.70. The number of carbonyl (C=O) groups is 1. The molecular weight excluding hydrogens is 722 g/mol. The van der Waals surface area contributed by atoms with E-state index in [4.69, 9.17) is 0 Å². The number of hydrogen-bond donors (Lipinski definition) is 3. The summed E-state index contributed by atoms with van der Waals surface area (Å²) in [5.74, 6) is -2.69. The predicted octanol–water partition coefficient (Wildman–Crippen LogP) is 3.62. The minimum atomic E-state index is -5.33. The van der Waals surface area contributed by atoms with E-state index in [-0.39, 0.29) is 22.6 Å². The molecule has 256 valence electrons. The molecule has 1 amide bonds. The molecule has 0 bridgehead atoms. The monoisotopic (exact) mass is 747 g/mol. The third-order valence-corrected chi connectivity index (χ3v) is 10.5. The summed E-state index contributed by atoms with van der Waals surface area (Å²) in [7, 11) is -7.37. The van der Waals surface area contributed by atoms with E-state index >= 15 is 0 Å². The lowest BCUT2D eigenvalue weighted by Crippen LogP contribution is -2.50. The molecule has 4 rings (SSSR count). The van der Waals surface area contributed by atoms with E-state index < -0.39 is 83.7 Å². The highest BCUT2D eigenvalue weighted by molar-refractivity contribution is 7.89. The van der Waals surface area contributed by atoms with Crippen LogP contribution in [0.15, 0.2) is 53.8 Å². The van der Waals surface area contributed by atoms with Crippen LogP contribution in [0.25, 0.3) is 11.3 Å². The zero-order valence-corrected chi connectivity index (χ0v) is 27.6. The standard InChI is InChI=1S/C25H25F6N5O7P2S2/c1-13-21(46)7-20(36(13)47(41,42)17-4-2-16(44)3-5-17)22(37)35(12-43-45(38,39)40)11-14-6-19(32-10-18(14)24(26,27)28)15-8-33-23(34-9-15)25(29,30)31/h2-6,8-10,13,20-21,46H,7,11-12,44H2,1H3,(H2,38,39,40)/t13-,20-,21+/m0/s1. The van der Waals surface area contributed by atoms with Crippen molar-refractivity contribution in [3.63, 3.8) is 0 Å². The molecule has 47 heavy (non-hydrogen) atoms. The van der Waals surface area contributed by atoms with Gasteiger partial charge in [0, 0.05) is 42.0 Å². The predicted molar refractivity (Wildman–Crippen MR) is 159 cm³/mol. The smallest absolute Gasteiger partial charge is 0.313 e. The van der Waals surface area contributed by atoms with E-state index in [2.05, 4.69) is 41.3 Å². The van der Waals surface area contributed by atoms with Crippen LogP contribution < -0.4 is 5.30 Å². The van der Waals surface area contributed by atoms with Crippen LogP contribution in [0.4, 0.5) is 26.3 Å². The molecule has 3 heterocycles. The summed E-state index contributed by atoms with van der Waals surface area (Å²) in [6.45, 7) is -0.867. The van der Waals surface area contributed by atoms with Crippen molar-refractivity contribution >= 4 is 50.9 Å². The number of rotatable bonds is 9. The number of amides is 1. The van der Waals surface area contributed by atoms with Crippen molar-refractivity contribution in [3.8, 4) is 11.3 Å². The zero-order valence-electron chi connectivity index (χ0n) is 23.8. The third kappa shape index (κ3) is 8.67. The Labute approximate surface area is 271 Å². The first-order valence-corrected chi connectivity index (χ1v) is 17.2. The molecule has 0 aliphatic carbocycles. The van der Waals surface area contributed by atoms with Crippen LogP contribution in [0.2, 0.25) is 0 Å². The summed E-state index contributed by atoms with van der Waals surface area (Å²) in [5, 5.41) is -0.0823. The van der Waals surface area contributed by atoms with Crippen LogP contribution >= 0.6 is 29.7 Å². The van der Waals surface area contributed by atoms with Gasteiger partial charge in [-0.2, -0.15) is 43.3 Å². The fraction of sp³-hybridized carbons (Fsp3) is 0.360. The van der Waals surface area contributed by atoms with E-state index in [0.717, 1.165) is 10.4 Å². The SMILES string of the molecule is C[C@H]1[C@H](S)C[C@@H](C(=O)N(COP(=O)(O)O)Cc2cc(-c3cnc(C(F)(F)F)nc3)ncc2C(F)(F)F)N1S(=O)(=O)c1ccc(P)cc1. The van der Waals surface area contributed by atoms with Crippen LogP contribution in [0, 0.1) is 0 Å². The zero-order chi connectivity index (χ0) is 35.1. The molecule has 2 N–H and O–H groups in total. The van der Waals surface area contributed by atoms with Gasteiger partial charge in [-0.05, 0) is 42.4 Å². The molecule has 1 unspecified atom stereocenters. The van der Waals surface area contributed by atoms with Gasteiger partial charge in [0.15, 0.2) is 0 Å². The van der Waals surface area contributed by atoms with Crippen LogP contribution in [0.5, 0.6) is 0 Å². The Morgan fingerprint density at radius 3 is 2.21 bits per heavy atom. The molecular formula is C25H25F6N5O7P2S2. The molecule has 0 saturated carbocycles. The number of carbonyl (C=O) groups excluding carboxylic acids is 1. The summed E-state index contributed by atoms with van der Waals surface area (Å²) in [6.07, 6.45) is -8.52. The van der Waals surface area contributed by atoms with E-state index in [1.807, 2.05) is 0 Å². The summed E-state index contributed by atoms with van der Waals surface area (Å²) in [6, 6.07) is 3.81. The molecule has 1 aliphatic heterocycles. The summed E-state index contributed by atoms with van der Waals surface area (Å²) >= 11 is 4.38. The Balaban J connectivity index is 1.77. The number of nitrogens with zero attached hydrogens (tertiary/aromatic N) is 5. The summed E-state index contributed by atoms with van der Waals surface area (Å²) in [4.78, 5) is 42.9. The Bertz CT molecular complexity index is 1780. The number of phosphoric acid groups is 1. The lowest BCUT2D eigenvalue weighted by molar-refractivity contribution is -0.145. The van der Waals surface area contributed by atoms with Crippen LogP contribution in [-0.4, -0.2) is 72.3 Å². The molecule has 1 aromatic carbocycles. The highest BCUT2D eigenvalue weighted by Gasteiger charge is 2.49. The van der Waals surface area contributed by atoms with Gasteiger partial charge in [-0.1, -0.05) is 12.1 Å². The second-order valence-electron chi connectivity index (χ2n) is 10.3. The fourth-order valence-electron chi connectivity index (χ4n) is 4.74. The number of halogens is 6. The molecule has 3 aromatic rings.